The summed E-state index contributed by atoms with van der Waals surface area (Å²) in [5.74, 6) is -0.867. The first kappa shape index (κ1) is 15.8. The molecule has 20 heavy (non-hydrogen) atoms. The van der Waals surface area contributed by atoms with Gasteiger partial charge in [0.15, 0.2) is 0 Å². The van der Waals surface area contributed by atoms with Crippen molar-refractivity contribution >= 4 is 27.7 Å². The molecule has 0 aromatic heterocycles. The van der Waals surface area contributed by atoms with Gasteiger partial charge in [0, 0.05) is 12.2 Å². The minimum atomic E-state index is -4.20. The quantitative estimate of drug-likeness (QED) is 0.533. The number of rotatable bonds is 4. The van der Waals surface area contributed by atoms with Gasteiger partial charge in [0.25, 0.3) is 10.0 Å². The molecule has 0 spiro atoms. The van der Waals surface area contributed by atoms with Gasteiger partial charge in [0.1, 0.15) is 4.90 Å². The maximum atomic E-state index is 12.0. The summed E-state index contributed by atoms with van der Waals surface area (Å²) in [4.78, 5) is 22.5. The van der Waals surface area contributed by atoms with Crippen molar-refractivity contribution in [2.75, 3.05) is 19.4 Å². The van der Waals surface area contributed by atoms with E-state index in [9.17, 15) is 18.0 Å². The first-order valence-electron chi connectivity index (χ1n) is 5.60. The molecule has 0 atom stereocenters. The van der Waals surface area contributed by atoms with Crippen LogP contribution in [0.2, 0.25) is 0 Å². The van der Waals surface area contributed by atoms with Crippen molar-refractivity contribution in [3.8, 4) is 0 Å². The Bertz CT molecular complexity index is 627. The molecule has 0 unspecified atom stereocenters. The lowest BCUT2D eigenvalue weighted by Crippen LogP contribution is -2.39. The first-order valence-corrected chi connectivity index (χ1v) is 7.08. The van der Waals surface area contributed by atoms with E-state index in [-0.39, 0.29) is 22.7 Å². The van der Waals surface area contributed by atoms with E-state index in [0.717, 1.165) is 19.2 Å². The van der Waals surface area contributed by atoms with Crippen LogP contribution >= 0.6 is 0 Å². The number of ether oxygens (including phenoxy) is 1. The number of benzene rings is 1. The third-order valence-corrected chi connectivity index (χ3v) is 3.65. The van der Waals surface area contributed by atoms with E-state index in [4.69, 9.17) is 5.73 Å². The van der Waals surface area contributed by atoms with Crippen molar-refractivity contribution in [2.45, 2.75) is 11.8 Å². The van der Waals surface area contributed by atoms with E-state index < -0.39 is 22.0 Å². The number of nitrogen functional groups attached to an aromatic ring is 1. The molecule has 4 N–H and O–H groups in total. The number of methoxy groups -OCH3 is 1. The summed E-state index contributed by atoms with van der Waals surface area (Å²) in [6.45, 7) is 1.89. The number of carbonyl (C=O) groups excluding carboxylic acids is 2. The molecular weight excluding hydrogens is 286 g/mol. The van der Waals surface area contributed by atoms with E-state index in [1.165, 1.54) is 6.07 Å². The van der Waals surface area contributed by atoms with Crippen LogP contribution in [0.15, 0.2) is 23.1 Å². The van der Waals surface area contributed by atoms with E-state index in [1.807, 2.05) is 0 Å². The van der Waals surface area contributed by atoms with Crippen molar-refractivity contribution in [1.82, 2.24) is 10.0 Å². The molecule has 0 fully saturated rings. The van der Waals surface area contributed by atoms with E-state index in [2.05, 4.69) is 10.1 Å². The van der Waals surface area contributed by atoms with Crippen LogP contribution in [-0.4, -0.2) is 34.1 Å². The first-order chi connectivity index (χ1) is 9.31. The van der Waals surface area contributed by atoms with Crippen molar-refractivity contribution in [1.29, 1.82) is 0 Å². The van der Waals surface area contributed by atoms with Gasteiger partial charge in [-0.05, 0) is 25.1 Å². The number of hydrogen-bond donors (Lipinski definition) is 3. The molecular formula is C11H15N3O5S. The molecule has 1 aromatic carbocycles. The van der Waals surface area contributed by atoms with Crippen molar-refractivity contribution in [2.24, 2.45) is 0 Å². The number of amides is 2. The summed E-state index contributed by atoms with van der Waals surface area (Å²) in [7, 11) is -3.09. The minimum absolute atomic E-state index is 0.197. The lowest BCUT2D eigenvalue weighted by atomic mass is 10.2. The summed E-state index contributed by atoms with van der Waals surface area (Å²) < 4.78 is 30.4. The number of anilines is 1. The average Bonchev–Trinajstić information content (AvgIpc) is 2.36. The van der Waals surface area contributed by atoms with Gasteiger partial charge in [-0.1, -0.05) is 0 Å². The Labute approximate surface area is 116 Å². The Balaban J connectivity index is 3.24. The Hall–Kier alpha value is -2.29. The number of hydrogen-bond acceptors (Lipinski definition) is 6. The molecule has 0 heterocycles. The van der Waals surface area contributed by atoms with E-state index >= 15 is 0 Å². The van der Waals surface area contributed by atoms with Crippen LogP contribution in [0.4, 0.5) is 10.5 Å². The van der Waals surface area contributed by atoms with Crippen LogP contribution in [0.3, 0.4) is 0 Å². The van der Waals surface area contributed by atoms with Gasteiger partial charge in [-0.3, -0.25) is 0 Å². The largest absolute Gasteiger partial charge is 0.465 e. The second kappa shape index (κ2) is 6.24. The summed E-state index contributed by atoms with van der Waals surface area (Å²) in [6, 6.07) is 2.71. The Morgan fingerprint density at radius 3 is 2.55 bits per heavy atom. The van der Waals surface area contributed by atoms with Gasteiger partial charge in [0.05, 0.1) is 12.7 Å². The van der Waals surface area contributed by atoms with Crippen LogP contribution in [0, 0.1) is 0 Å². The maximum Gasteiger partial charge on any atom is 0.339 e. The Morgan fingerprint density at radius 2 is 2.00 bits per heavy atom. The molecule has 0 bridgehead atoms. The third kappa shape index (κ3) is 3.60. The number of urea groups is 1. The highest BCUT2D eigenvalue weighted by atomic mass is 32.2. The summed E-state index contributed by atoms with van der Waals surface area (Å²) in [5, 5.41) is 2.28. The topological polar surface area (TPSA) is 128 Å². The third-order valence-electron chi connectivity index (χ3n) is 2.26. The Kier molecular flexibility index (Phi) is 4.92. The lowest BCUT2D eigenvalue weighted by molar-refractivity contribution is 0.0596. The van der Waals surface area contributed by atoms with Gasteiger partial charge in [-0.25, -0.2) is 22.7 Å². The zero-order valence-electron chi connectivity index (χ0n) is 11.0. The average molecular weight is 301 g/mol. The number of esters is 1. The molecule has 2 amide bonds. The summed E-state index contributed by atoms with van der Waals surface area (Å²) in [6.07, 6.45) is 0. The van der Waals surface area contributed by atoms with Gasteiger partial charge in [-0.2, -0.15) is 0 Å². The molecule has 8 nitrogen and oxygen atoms in total. The fraction of sp³-hybridized carbons (Fsp3) is 0.273. The fourth-order valence-electron chi connectivity index (χ4n) is 1.43. The van der Waals surface area contributed by atoms with Crippen LogP contribution in [0.25, 0.3) is 0 Å². The van der Waals surface area contributed by atoms with Crippen molar-refractivity contribution < 1.29 is 22.7 Å². The lowest BCUT2D eigenvalue weighted by Gasteiger charge is -2.11. The van der Waals surface area contributed by atoms with Crippen LogP contribution in [0.5, 0.6) is 0 Å². The van der Waals surface area contributed by atoms with Gasteiger partial charge >= 0.3 is 12.0 Å². The predicted octanol–water partition coefficient (Wildman–Crippen LogP) is 0.0632. The van der Waals surface area contributed by atoms with Crippen molar-refractivity contribution in [3.05, 3.63) is 23.8 Å². The second-order valence-electron chi connectivity index (χ2n) is 3.71. The molecule has 0 saturated carbocycles. The smallest absolute Gasteiger partial charge is 0.339 e. The standard InChI is InChI=1S/C11H15N3O5S/c1-3-13-11(16)14-20(17,18)9-5-4-7(12)6-8(9)10(15)19-2/h4-6H,3,12H2,1-2H3,(H2,13,14,16). The van der Waals surface area contributed by atoms with Gasteiger partial charge < -0.3 is 15.8 Å². The maximum absolute atomic E-state index is 12.0. The summed E-state index contributed by atoms with van der Waals surface area (Å²) in [5.41, 5.74) is 5.46. The molecule has 1 aromatic rings. The molecule has 0 saturated heterocycles. The number of nitrogens with one attached hydrogen (secondary N) is 2. The highest BCUT2D eigenvalue weighted by molar-refractivity contribution is 7.90. The fourth-order valence-corrected chi connectivity index (χ4v) is 2.53. The highest BCUT2D eigenvalue weighted by Gasteiger charge is 2.25. The molecule has 1 rings (SSSR count). The monoisotopic (exact) mass is 301 g/mol. The van der Waals surface area contributed by atoms with Crippen molar-refractivity contribution in [3.63, 3.8) is 0 Å². The van der Waals surface area contributed by atoms with Crippen LogP contribution in [-0.2, 0) is 14.8 Å². The predicted molar refractivity (Wildman–Crippen MR) is 71.6 cm³/mol. The molecule has 0 aliphatic heterocycles. The number of sulfonamides is 1. The zero-order chi connectivity index (χ0) is 15.3. The minimum Gasteiger partial charge on any atom is -0.465 e. The van der Waals surface area contributed by atoms with E-state index in [0.29, 0.717) is 0 Å². The normalized spacial score (nSPS) is 10.7. The summed E-state index contributed by atoms with van der Waals surface area (Å²) >= 11 is 0. The number of nitrogens with two attached hydrogens (primary N) is 1. The van der Waals surface area contributed by atoms with Crippen LogP contribution in [0.1, 0.15) is 17.3 Å². The molecule has 0 aliphatic rings. The molecule has 110 valence electrons. The van der Waals surface area contributed by atoms with Crippen LogP contribution < -0.4 is 15.8 Å². The SMILES string of the molecule is CCNC(=O)NS(=O)(=O)c1ccc(N)cc1C(=O)OC. The molecule has 0 radical (unpaired) electrons. The van der Waals surface area contributed by atoms with E-state index in [1.54, 1.807) is 11.6 Å². The molecule has 0 aliphatic carbocycles. The zero-order valence-corrected chi connectivity index (χ0v) is 11.8. The number of carbonyl (C=O) groups is 2. The Morgan fingerprint density at radius 1 is 1.35 bits per heavy atom. The van der Waals surface area contributed by atoms with Gasteiger partial charge in [0.2, 0.25) is 0 Å². The highest BCUT2D eigenvalue weighted by Crippen LogP contribution is 2.19. The second-order valence-corrected chi connectivity index (χ2v) is 5.36. The molecule has 9 heteroatoms. The van der Waals surface area contributed by atoms with Gasteiger partial charge in [-0.15, -0.1) is 0 Å².